The second-order valence-corrected chi connectivity index (χ2v) is 13.7. The Morgan fingerprint density at radius 3 is 1.53 bits per heavy atom. The van der Waals surface area contributed by atoms with Crippen LogP contribution in [0.5, 0.6) is 0 Å². The summed E-state index contributed by atoms with van der Waals surface area (Å²) in [6.45, 7) is 0. The Hall–Kier alpha value is -6.64. The Labute approximate surface area is 296 Å². The third-order valence-electron chi connectivity index (χ3n) is 11.0. The minimum Gasteiger partial charge on any atom is -0.309 e. The molecule has 0 saturated heterocycles. The second kappa shape index (κ2) is 10.9. The van der Waals surface area contributed by atoms with E-state index in [0.29, 0.717) is 0 Å². The van der Waals surface area contributed by atoms with Crippen molar-refractivity contribution in [3.63, 3.8) is 0 Å². The molecule has 0 amide bonds. The van der Waals surface area contributed by atoms with E-state index in [2.05, 4.69) is 191 Å². The molecule has 0 N–H and O–H groups in total. The van der Waals surface area contributed by atoms with Crippen LogP contribution < -0.4 is 0 Å². The Kier molecular flexibility index (Phi) is 6.05. The number of aromatic nitrogens is 2. The molecule has 2 heteroatoms. The van der Waals surface area contributed by atoms with E-state index in [0.717, 1.165) is 6.42 Å². The highest BCUT2D eigenvalue weighted by Gasteiger charge is 2.24. The average Bonchev–Trinajstić information content (AvgIpc) is 3.85. The summed E-state index contributed by atoms with van der Waals surface area (Å²) in [6.07, 6.45) is 0.956. The molecule has 0 saturated carbocycles. The van der Waals surface area contributed by atoms with E-state index in [-0.39, 0.29) is 0 Å². The summed E-state index contributed by atoms with van der Waals surface area (Å²) in [4.78, 5) is 0. The molecule has 0 aliphatic heterocycles. The molecule has 1 aliphatic rings. The van der Waals surface area contributed by atoms with Crippen LogP contribution in [-0.4, -0.2) is 9.13 Å². The lowest BCUT2D eigenvalue weighted by atomic mass is 10.0. The predicted molar refractivity (Wildman–Crippen MR) is 214 cm³/mol. The van der Waals surface area contributed by atoms with Crippen molar-refractivity contribution in [3.8, 4) is 44.8 Å². The molecule has 0 radical (unpaired) electrons. The number of hydrogen-bond acceptors (Lipinski definition) is 0. The van der Waals surface area contributed by atoms with Crippen molar-refractivity contribution in [1.29, 1.82) is 0 Å². The Bertz CT molecular complexity index is 2990. The first-order valence-electron chi connectivity index (χ1n) is 17.7. The van der Waals surface area contributed by atoms with Crippen LogP contribution in [0.4, 0.5) is 0 Å². The van der Waals surface area contributed by atoms with Crippen LogP contribution in [-0.2, 0) is 6.42 Å². The summed E-state index contributed by atoms with van der Waals surface area (Å²) in [5.41, 5.74) is 17.8. The molecule has 0 unspecified atom stereocenters. The van der Waals surface area contributed by atoms with Crippen LogP contribution in [0.2, 0.25) is 0 Å². The van der Waals surface area contributed by atoms with Crippen LogP contribution in [0.15, 0.2) is 182 Å². The van der Waals surface area contributed by atoms with Crippen LogP contribution >= 0.6 is 0 Å². The van der Waals surface area contributed by atoms with Gasteiger partial charge >= 0.3 is 0 Å². The number of nitrogens with zero attached hydrogens (tertiary/aromatic N) is 2. The predicted octanol–water partition coefficient (Wildman–Crippen LogP) is 12.8. The zero-order chi connectivity index (χ0) is 33.5. The molecule has 238 valence electrons. The number of rotatable bonds is 4. The van der Waals surface area contributed by atoms with Gasteiger partial charge in [-0.05, 0) is 87.5 Å². The van der Waals surface area contributed by atoms with E-state index in [9.17, 15) is 0 Å². The maximum Gasteiger partial charge on any atom is 0.0541 e. The summed E-state index contributed by atoms with van der Waals surface area (Å²) in [7, 11) is 0. The highest BCUT2D eigenvalue weighted by Crippen LogP contribution is 2.43. The van der Waals surface area contributed by atoms with Gasteiger partial charge in [0.05, 0.1) is 33.4 Å². The lowest BCUT2D eigenvalue weighted by Crippen LogP contribution is -1.99. The van der Waals surface area contributed by atoms with Crippen molar-refractivity contribution in [2.24, 2.45) is 0 Å². The van der Waals surface area contributed by atoms with Gasteiger partial charge in [0.15, 0.2) is 0 Å². The standard InChI is InChI=1S/C49H32N2/c1-2-13-32(14-3-1)37-17-6-9-21-44(37)50-45-22-10-7-18-39(45)42-29-33(25-27-48(42)50)34-26-28-49-43(30-34)40-19-8-11-23-46(40)51(49)47-24-12-20-38-36-16-5-4-15-35(36)31-41(38)47/h1-30H,31H2. The van der Waals surface area contributed by atoms with Gasteiger partial charge in [-0.1, -0.05) is 133 Å². The fourth-order valence-electron chi connectivity index (χ4n) is 8.70. The average molecular weight is 649 g/mol. The van der Waals surface area contributed by atoms with E-state index in [1.807, 2.05) is 0 Å². The molecule has 0 bridgehead atoms. The van der Waals surface area contributed by atoms with E-state index >= 15 is 0 Å². The lowest BCUT2D eigenvalue weighted by molar-refractivity contribution is 1.12. The zero-order valence-corrected chi connectivity index (χ0v) is 27.9. The summed E-state index contributed by atoms with van der Waals surface area (Å²) in [6, 6.07) is 66.8. The summed E-state index contributed by atoms with van der Waals surface area (Å²) < 4.78 is 4.92. The molecule has 2 nitrogen and oxygen atoms in total. The van der Waals surface area contributed by atoms with Gasteiger partial charge in [0.1, 0.15) is 0 Å². The minimum atomic E-state index is 0.956. The van der Waals surface area contributed by atoms with Gasteiger partial charge in [-0.25, -0.2) is 0 Å². The van der Waals surface area contributed by atoms with Crippen LogP contribution in [0.1, 0.15) is 11.1 Å². The van der Waals surface area contributed by atoms with Crippen molar-refractivity contribution >= 4 is 43.6 Å². The molecule has 8 aromatic carbocycles. The molecule has 11 rings (SSSR count). The van der Waals surface area contributed by atoms with Gasteiger partial charge in [-0.2, -0.15) is 0 Å². The van der Waals surface area contributed by atoms with Crippen molar-refractivity contribution in [2.75, 3.05) is 0 Å². The molecule has 0 fully saturated rings. The van der Waals surface area contributed by atoms with Crippen molar-refractivity contribution in [2.45, 2.75) is 6.42 Å². The quantitative estimate of drug-likeness (QED) is 0.180. The molecule has 1 aliphatic carbocycles. The highest BCUT2D eigenvalue weighted by atomic mass is 15.0. The maximum absolute atomic E-state index is 2.49. The fraction of sp³-hybridized carbons (Fsp3) is 0.0204. The molecular weight excluding hydrogens is 617 g/mol. The van der Waals surface area contributed by atoms with Gasteiger partial charge < -0.3 is 9.13 Å². The SMILES string of the molecule is c1ccc(-c2ccccc2-n2c3ccccc3c3cc(-c4ccc5c(c4)c4ccccc4n5-c4cccc5c4Cc4ccccc4-5)ccc32)cc1. The summed E-state index contributed by atoms with van der Waals surface area (Å²) >= 11 is 0. The smallest absolute Gasteiger partial charge is 0.0541 e. The van der Waals surface area contributed by atoms with E-state index in [1.54, 1.807) is 0 Å². The maximum atomic E-state index is 2.49. The first-order chi connectivity index (χ1) is 25.3. The lowest BCUT2D eigenvalue weighted by Gasteiger charge is -2.14. The Balaban J connectivity index is 1.09. The first-order valence-corrected chi connectivity index (χ1v) is 17.7. The van der Waals surface area contributed by atoms with E-state index < -0.39 is 0 Å². The number of hydrogen-bond donors (Lipinski definition) is 0. The third-order valence-corrected chi connectivity index (χ3v) is 11.0. The second-order valence-electron chi connectivity index (χ2n) is 13.7. The molecule has 51 heavy (non-hydrogen) atoms. The highest BCUT2D eigenvalue weighted by molar-refractivity contribution is 6.13. The van der Waals surface area contributed by atoms with Gasteiger partial charge in [0, 0.05) is 33.5 Å². The Morgan fingerprint density at radius 1 is 0.314 bits per heavy atom. The Morgan fingerprint density at radius 2 is 0.824 bits per heavy atom. The van der Waals surface area contributed by atoms with E-state index in [4.69, 9.17) is 0 Å². The van der Waals surface area contributed by atoms with Crippen LogP contribution in [0.3, 0.4) is 0 Å². The normalized spacial score (nSPS) is 12.2. The largest absolute Gasteiger partial charge is 0.309 e. The molecule has 10 aromatic rings. The van der Waals surface area contributed by atoms with Crippen molar-refractivity contribution < 1.29 is 0 Å². The fourth-order valence-corrected chi connectivity index (χ4v) is 8.70. The van der Waals surface area contributed by atoms with Crippen LogP contribution in [0, 0.1) is 0 Å². The van der Waals surface area contributed by atoms with Gasteiger partial charge in [-0.15, -0.1) is 0 Å². The molecule has 0 atom stereocenters. The number of fused-ring (bicyclic) bond motifs is 9. The summed E-state index contributed by atoms with van der Waals surface area (Å²) in [5.74, 6) is 0. The number of benzene rings is 8. The minimum absolute atomic E-state index is 0.956. The molecule has 2 heterocycles. The molecule has 0 spiro atoms. The molecule has 2 aromatic heterocycles. The van der Waals surface area contributed by atoms with Gasteiger partial charge in [0.2, 0.25) is 0 Å². The topological polar surface area (TPSA) is 9.86 Å². The summed E-state index contributed by atoms with van der Waals surface area (Å²) in [5, 5.41) is 5.06. The monoisotopic (exact) mass is 648 g/mol. The molecular formula is C49H32N2. The van der Waals surface area contributed by atoms with Gasteiger partial charge in [0.25, 0.3) is 0 Å². The third kappa shape index (κ3) is 4.17. The van der Waals surface area contributed by atoms with Crippen molar-refractivity contribution in [1.82, 2.24) is 9.13 Å². The zero-order valence-electron chi connectivity index (χ0n) is 27.9. The first kappa shape index (κ1) is 28.2. The van der Waals surface area contributed by atoms with Gasteiger partial charge in [-0.3, -0.25) is 0 Å². The number of para-hydroxylation sites is 3. The van der Waals surface area contributed by atoms with Crippen molar-refractivity contribution in [3.05, 3.63) is 193 Å². The van der Waals surface area contributed by atoms with E-state index in [1.165, 1.54) is 99.5 Å². The van der Waals surface area contributed by atoms with Crippen LogP contribution in [0.25, 0.3) is 88.4 Å².